The van der Waals surface area contributed by atoms with Crippen molar-refractivity contribution in [3.8, 4) is 11.4 Å². The number of hydrogen-bond acceptors (Lipinski definition) is 5. The second-order valence-electron chi connectivity index (χ2n) is 6.09. The van der Waals surface area contributed by atoms with Crippen molar-refractivity contribution in [2.75, 3.05) is 11.1 Å². The number of aryl methyl sites for hydroxylation is 1. The summed E-state index contributed by atoms with van der Waals surface area (Å²) in [6, 6.07) is 14.1. The predicted molar refractivity (Wildman–Crippen MR) is 109 cm³/mol. The first-order valence-electron chi connectivity index (χ1n) is 8.74. The van der Waals surface area contributed by atoms with E-state index >= 15 is 0 Å². The molecule has 0 saturated heterocycles. The van der Waals surface area contributed by atoms with Crippen LogP contribution >= 0.6 is 11.8 Å². The summed E-state index contributed by atoms with van der Waals surface area (Å²) in [5, 5.41) is 21.0. The third kappa shape index (κ3) is 4.40. The van der Waals surface area contributed by atoms with E-state index in [9.17, 15) is 9.59 Å². The Morgan fingerprint density at radius 1 is 1.14 bits per heavy atom. The van der Waals surface area contributed by atoms with Gasteiger partial charge in [-0.15, -0.1) is 10.2 Å². The lowest BCUT2D eigenvalue weighted by Crippen LogP contribution is -2.15. The van der Waals surface area contributed by atoms with Crippen LogP contribution in [0.4, 0.5) is 5.69 Å². The Balaban J connectivity index is 1.69. The Kier molecular flexibility index (Phi) is 6.10. The molecule has 0 atom stereocenters. The standard InChI is InChI=1S/C20H20N4O3S/c1-3-24-18(16-10-5-4-7-13(16)2)22-23-20(24)28-12-17(25)21-15-9-6-8-14(11-15)19(26)27/h4-11H,3,12H2,1-2H3,(H,21,25)(H,26,27). The molecule has 0 saturated carbocycles. The summed E-state index contributed by atoms with van der Waals surface area (Å²) >= 11 is 1.29. The highest BCUT2D eigenvalue weighted by Crippen LogP contribution is 2.26. The third-order valence-electron chi connectivity index (χ3n) is 4.14. The van der Waals surface area contributed by atoms with E-state index in [0.29, 0.717) is 17.4 Å². The van der Waals surface area contributed by atoms with Gasteiger partial charge in [-0.2, -0.15) is 0 Å². The maximum atomic E-state index is 12.3. The van der Waals surface area contributed by atoms with Gasteiger partial charge >= 0.3 is 5.97 Å². The predicted octanol–water partition coefficient (Wildman–Crippen LogP) is 3.70. The largest absolute Gasteiger partial charge is 0.478 e. The normalized spacial score (nSPS) is 10.6. The number of nitrogens with one attached hydrogen (secondary N) is 1. The quantitative estimate of drug-likeness (QED) is 0.591. The van der Waals surface area contributed by atoms with Gasteiger partial charge in [0.25, 0.3) is 0 Å². The lowest BCUT2D eigenvalue weighted by Gasteiger charge is -2.09. The number of benzene rings is 2. The minimum absolute atomic E-state index is 0.124. The van der Waals surface area contributed by atoms with Crippen LogP contribution in [0.2, 0.25) is 0 Å². The van der Waals surface area contributed by atoms with Crippen LogP contribution in [-0.4, -0.2) is 37.5 Å². The van der Waals surface area contributed by atoms with E-state index in [0.717, 1.165) is 17.0 Å². The molecule has 0 aliphatic heterocycles. The van der Waals surface area contributed by atoms with Gasteiger partial charge in [0.15, 0.2) is 11.0 Å². The summed E-state index contributed by atoms with van der Waals surface area (Å²) in [5.74, 6) is -0.359. The highest BCUT2D eigenvalue weighted by molar-refractivity contribution is 7.99. The van der Waals surface area contributed by atoms with Crippen molar-refractivity contribution in [1.82, 2.24) is 14.8 Å². The first kappa shape index (κ1) is 19.6. The Morgan fingerprint density at radius 3 is 2.64 bits per heavy atom. The zero-order valence-electron chi connectivity index (χ0n) is 15.5. The van der Waals surface area contributed by atoms with Crippen LogP contribution in [0.5, 0.6) is 0 Å². The van der Waals surface area contributed by atoms with Crippen LogP contribution in [-0.2, 0) is 11.3 Å². The van der Waals surface area contributed by atoms with Crippen molar-refractivity contribution in [3.63, 3.8) is 0 Å². The fourth-order valence-electron chi connectivity index (χ4n) is 2.76. The molecule has 0 bridgehead atoms. The molecule has 1 aromatic heterocycles. The number of carbonyl (C=O) groups is 2. The van der Waals surface area contributed by atoms with Crippen molar-refractivity contribution in [1.29, 1.82) is 0 Å². The molecule has 0 spiro atoms. The van der Waals surface area contributed by atoms with E-state index in [-0.39, 0.29) is 17.2 Å². The van der Waals surface area contributed by atoms with Crippen LogP contribution in [0.3, 0.4) is 0 Å². The van der Waals surface area contributed by atoms with Crippen molar-refractivity contribution >= 4 is 29.3 Å². The molecule has 8 heteroatoms. The number of thioether (sulfide) groups is 1. The number of aromatic carboxylic acids is 1. The minimum Gasteiger partial charge on any atom is -0.478 e. The average molecular weight is 396 g/mol. The van der Waals surface area contributed by atoms with Crippen LogP contribution in [0.1, 0.15) is 22.8 Å². The van der Waals surface area contributed by atoms with Crippen molar-refractivity contribution in [2.24, 2.45) is 0 Å². The van der Waals surface area contributed by atoms with E-state index in [1.54, 1.807) is 12.1 Å². The molecular formula is C20H20N4O3S. The number of anilines is 1. The summed E-state index contributed by atoms with van der Waals surface area (Å²) < 4.78 is 1.98. The Labute approximate surface area is 166 Å². The van der Waals surface area contributed by atoms with Crippen molar-refractivity contribution < 1.29 is 14.7 Å². The molecule has 0 aliphatic carbocycles. The van der Waals surface area contributed by atoms with E-state index in [4.69, 9.17) is 5.11 Å². The Hall–Kier alpha value is -3.13. The first-order chi connectivity index (χ1) is 13.5. The summed E-state index contributed by atoms with van der Waals surface area (Å²) in [7, 11) is 0. The molecule has 144 valence electrons. The second kappa shape index (κ2) is 8.71. The number of rotatable bonds is 7. The molecule has 3 rings (SSSR count). The lowest BCUT2D eigenvalue weighted by molar-refractivity contribution is -0.113. The fraction of sp³-hybridized carbons (Fsp3) is 0.200. The SMILES string of the molecule is CCn1c(SCC(=O)Nc2cccc(C(=O)O)c2)nnc1-c1ccccc1C. The molecule has 1 heterocycles. The maximum absolute atomic E-state index is 12.3. The van der Waals surface area contributed by atoms with Crippen LogP contribution < -0.4 is 5.32 Å². The Morgan fingerprint density at radius 2 is 1.93 bits per heavy atom. The fourth-order valence-corrected chi connectivity index (χ4v) is 3.56. The number of amides is 1. The third-order valence-corrected chi connectivity index (χ3v) is 5.11. The van der Waals surface area contributed by atoms with Crippen molar-refractivity contribution in [2.45, 2.75) is 25.5 Å². The smallest absolute Gasteiger partial charge is 0.335 e. The molecule has 2 aromatic carbocycles. The van der Waals surface area contributed by atoms with Gasteiger partial charge < -0.3 is 15.0 Å². The van der Waals surface area contributed by atoms with Gasteiger partial charge in [-0.25, -0.2) is 4.79 Å². The summed E-state index contributed by atoms with van der Waals surface area (Å²) in [5.41, 5.74) is 2.69. The number of nitrogens with zero attached hydrogens (tertiary/aromatic N) is 3. The number of carbonyl (C=O) groups excluding carboxylic acids is 1. The van der Waals surface area contributed by atoms with Crippen LogP contribution in [0.25, 0.3) is 11.4 Å². The molecule has 1 amide bonds. The number of hydrogen-bond donors (Lipinski definition) is 2. The molecule has 2 N–H and O–H groups in total. The highest BCUT2D eigenvalue weighted by atomic mass is 32.2. The van der Waals surface area contributed by atoms with Gasteiger partial charge in [0.1, 0.15) is 0 Å². The average Bonchev–Trinajstić information content (AvgIpc) is 3.09. The maximum Gasteiger partial charge on any atom is 0.335 e. The summed E-state index contributed by atoms with van der Waals surface area (Å²) in [6.07, 6.45) is 0. The lowest BCUT2D eigenvalue weighted by atomic mass is 10.1. The van der Waals surface area contributed by atoms with Gasteiger partial charge in [-0.05, 0) is 37.6 Å². The molecule has 0 radical (unpaired) electrons. The first-order valence-corrected chi connectivity index (χ1v) is 9.73. The van der Waals surface area contributed by atoms with Crippen LogP contribution in [0, 0.1) is 6.92 Å². The second-order valence-corrected chi connectivity index (χ2v) is 7.03. The van der Waals surface area contributed by atoms with E-state index in [2.05, 4.69) is 15.5 Å². The van der Waals surface area contributed by atoms with Crippen LogP contribution in [0.15, 0.2) is 53.7 Å². The molecular weight excluding hydrogens is 376 g/mol. The topological polar surface area (TPSA) is 97.1 Å². The molecule has 28 heavy (non-hydrogen) atoms. The highest BCUT2D eigenvalue weighted by Gasteiger charge is 2.16. The molecule has 0 aliphatic rings. The van der Waals surface area contributed by atoms with Gasteiger partial charge in [0, 0.05) is 17.8 Å². The zero-order chi connectivity index (χ0) is 20.1. The van der Waals surface area contributed by atoms with Gasteiger partial charge in [0.05, 0.1) is 11.3 Å². The van der Waals surface area contributed by atoms with Crippen molar-refractivity contribution in [3.05, 3.63) is 59.7 Å². The molecule has 3 aromatic rings. The monoisotopic (exact) mass is 396 g/mol. The summed E-state index contributed by atoms with van der Waals surface area (Å²) in [4.78, 5) is 23.3. The minimum atomic E-state index is -1.04. The number of carboxylic acid groups (broad SMARTS) is 1. The van der Waals surface area contributed by atoms with Gasteiger partial charge in [0.2, 0.25) is 5.91 Å². The van der Waals surface area contributed by atoms with E-state index in [1.165, 1.54) is 23.9 Å². The molecule has 0 unspecified atom stereocenters. The van der Waals surface area contributed by atoms with Gasteiger partial charge in [-0.3, -0.25) is 4.79 Å². The van der Waals surface area contributed by atoms with E-state index in [1.807, 2.05) is 42.7 Å². The summed E-state index contributed by atoms with van der Waals surface area (Å²) in [6.45, 7) is 4.71. The molecule has 7 nitrogen and oxygen atoms in total. The number of aromatic nitrogens is 3. The Bertz CT molecular complexity index is 1020. The van der Waals surface area contributed by atoms with E-state index < -0.39 is 5.97 Å². The number of carboxylic acids is 1. The zero-order valence-corrected chi connectivity index (χ0v) is 16.4. The van der Waals surface area contributed by atoms with Gasteiger partial charge in [-0.1, -0.05) is 42.1 Å². The molecule has 0 fully saturated rings.